The van der Waals surface area contributed by atoms with E-state index < -0.39 is 0 Å². The minimum atomic E-state index is 0.0173. The van der Waals surface area contributed by atoms with Gasteiger partial charge in [0.1, 0.15) is 0 Å². The first-order valence-electron chi connectivity index (χ1n) is 7.73. The molecule has 4 nitrogen and oxygen atoms in total. The van der Waals surface area contributed by atoms with Gasteiger partial charge in [-0.3, -0.25) is 4.79 Å². The van der Waals surface area contributed by atoms with Crippen molar-refractivity contribution in [1.29, 1.82) is 0 Å². The second-order valence-electron chi connectivity index (χ2n) is 5.78. The van der Waals surface area contributed by atoms with Gasteiger partial charge in [0.15, 0.2) is 0 Å². The summed E-state index contributed by atoms with van der Waals surface area (Å²) in [6.45, 7) is 2.25. The Hall–Kier alpha value is -2.04. The molecule has 23 heavy (non-hydrogen) atoms. The fourth-order valence-corrected chi connectivity index (χ4v) is 3.12. The Bertz CT molecular complexity index is 687. The molecule has 1 amide bonds. The standard InChI is InChI=1S/C18H20ClN3O/c19-15-3-1-2-14(11-15)17-12-21-8-9-22(17)18(23)10-13-4-6-16(20)7-5-13/h1-7,11,17,21H,8-10,12,20H2. The normalized spacial score (nSPS) is 18.0. The van der Waals surface area contributed by atoms with Crippen LogP contribution < -0.4 is 11.1 Å². The fraction of sp³-hybridized carbons (Fsp3) is 0.278. The largest absolute Gasteiger partial charge is 0.399 e. The zero-order valence-corrected chi connectivity index (χ0v) is 13.6. The number of piperazine rings is 1. The number of rotatable bonds is 3. The van der Waals surface area contributed by atoms with Gasteiger partial charge in [-0.25, -0.2) is 0 Å². The van der Waals surface area contributed by atoms with Crippen LogP contribution in [-0.2, 0) is 11.2 Å². The van der Waals surface area contributed by atoms with Gasteiger partial charge in [-0.05, 0) is 35.4 Å². The molecule has 2 aromatic rings. The summed E-state index contributed by atoms with van der Waals surface area (Å²) in [6, 6.07) is 15.2. The van der Waals surface area contributed by atoms with Gasteiger partial charge in [-0.1, -0.05) is 35.9 Å². The van der Waals surface area contributed by atoms with Crippen LogP contribution in [0.15, 0.2) is 48.5 Å². The van der Waals surface area contributed by atoms with Crippen LogP contribution >= 0.6 is 11.6 Å². The van der Waals surface area contributed by atoms with Crippen molar-refractivity contribution in [2.75, 3.05) is 25.4 Å². The molecule has 5 heteroatoms. The van der Waals surface area contributed by atoms with Crippen molar-refractivity contribution in [1.82, 2.24) is 10.2 Å². The first kappa shape index (κ1) is 15.8. The first-order chi connectivity index (χ1) is 11.1. The van der Waals surface area contributed by atoms with Crippen LogP contribution in [0.5, 0.6) is 0 Å². The van der Waals surface area contributed by atoms with Crippen LogP contribution in [0, 0.1) is 0 Å². The Morgan fingerprint density at radius 2 is 2.04 bits per heavy atom. The molecule has 1 unspecified atom stereocenters. The lowest BCUT2D eigenvalue weighted by atomic mass is 10.0. The van der Waals surface area contributed by atoms with Crippen LogP contribution in [0.25, 0.3) is 0 Å². The van der Waals surface area contributed by atoms with Crippen molar-refractivity contribution in [3.63, 3.8) is 0 Å². The molecule has 0 aliphatic carbocycles. The van der Waals surface area contributed by atoms with Crippen molar-refractivity contribution in [3.05, 3.63) is 64.7 Å². The molecular formula is C18H20ClN3O. The fourth-order valence-electron chi connectivity index (χ4n) is 2.93. The molecule has 1 saturated heterocycles. The summed E-state index contributed by atoms with van der Waals surface area (Å²) in [7, 11) is 0. The van der Waals surface area contributed by atoms with Gasteiger partial charge >= 0.3 is 0 Å². The number of amides is 1. The summed E-state index contributed by atoms with van der Waals surface area (Å²) >= 11 is 6.10. The highest BCUT2D eigenvalue weighted by molar-refractivity contribution is 6.30. The number of hydrogen-bond donors (Lipinski definition) is 2. The Labute approximate surface area is 141 Å². The maximum absolute atomic E-state index is 12.8. The molecule has 0 aromatic heterocycles. The van der Waals surface area contributed by atoms with E-state index in [1.165, 1.54) is 0 Å². The van der Waals surface area contributed by atoms with Gasteiger partial charge in [-0.2, -0.15) is 0 Å². The van der Waals surface area contributed by atoms with Crippen LogP contribution in [0.1, 0.15) is 17.2 Å². The molecular weight excluding hydrogens is 310 g/mol. The van der Waals surface area contributed by atoms with Crippen molar-refractivity contribution in [3.8, 4) is 0 Å². The lowest BCUT2D eigenvalue weighted by Crippen LogP contribution is -2.49. The predicted octanol–water partition coefficient (Wildman–Crippen LogP) is 2.64. The quantitative estimate of drug-likeness (QED) is 0.851. The zero-order chi connectivity index (χ0) is 16.2. The number of hydrogen-bond acceptors (Lipinski definition) is 3. The van der Waals surface area contributed by atoms with Crippen molar-refractivity contribution >= 4 is 23.2 Å². The van der Waals surface area contributed by atoms with Gasteiger partial charge in [-0.15, -0.1) is 0 Å². The molecule has 1 aliphatic heterocycles. The summed E-state index contributed by atoms with van der Waals surface area (Å²) < 4.78 is 0. The number of carbonyl (C=O) groups is 1. The highest BCUT2D eigenvalue weighted by Gasteiger charge is 2.27. The van der Waals surface area contributed by atoms with Crippen LogP contribution in [-0.4, -0.2) is 30.4 Å². The van der Waals surface area contributed by atoms with Gasteiger partial charge < -0.3 is 16.0 Å². The molecule has 0 spiro atoms. The second-order valence-corrected chi connectivity index (χ2v) is 6.22. The molecule has 120 valence electrons. The SMILES string of the molecule is Nc1ccc(CC(=O)N2CCNCC2c2cccc(Cl)c2)cc1. The number of anilines is 1. The minimum absolute atomic E-state index is 0.0173. The molecule has 1 aliphatic rings. The molecule has 3 N–H and O–H groups in total. The average Bonchev–Trinajstić information content (AvgIpc) is 2.57. The van der Waals surface area contributed by atoms with E-state index >= 15 is 0 Å². The lowest BCUT2D eigenvalue weighted by molar-refractivity contribution is -0.133. The molecule has 1 fully saturated rings. The van der Waals surface area contributed by atoms with Crippen molar-refractivity contribution < 1.29 is 4.79 Å². The maximum Gasteiger partial charge on any atom is 0.227 e. The third kappa shape index (κ3) is 3.84. The van der Waals surface area contributed by atoms with E-state index in [-0.39, 0.29) is 11.9 Å². The Morgan fingerprint density at radius 3 is 2.78 bits per heavy atom. The van der Waals surface area contributed by atoms with Crippen LogP contribution in [0.2, 0.25) is 5.02 Å². The van der Waals surface area contributed by atoms with E-state index in [1.807, 2.05) is 53.4 Å². The van der Waals surface area contributed by atoms with Crippen LogP contribution in [0.3, 0.4) is 0 Å². The second kappa shape index (κ2) is 7.02. The number of benzene rings is 2. The molecule has 2 aromatic carbocycles. The molecule has 3 rings (SSSR count). The van der Waals surface area contributed by atoms with Crippen LogP contribution in [0.4, 0.5) is 5.69 Å². The molecule has 0 bridgehead atoms. The highest BCUT2D eigenvalue weighted by Crippen LogP contribution is 2.25. The topological polar surface area (TPSA) is 58.4 Å². The number of nitrogens with one attached hydrogen (secondary N) is 1. The van der Waals surface area contributed by atoms with Gasteiger partial charge in [0.2, 0.25) is 5.91 Å². The molecule has 0 saturated carbocycles. The van der Waals surface area contributed by atoms with E-state index in [1.54, 1.807) is 0 Å². The molecule has 1 atom stereocenters. The summed E-state index contributed by atoms with van der Waals surface area (Å²) in [4.78, 5) is 14.7. The van der Waals surface area contributed by atoms with E-state index in [0.29, 0.717) is 23.7 Å². The number of nitrogens with zero attached hydrogens (tertiary/aromatic N) is 1. The Morgan fingerprint density at radius 1 is 1.26 bits per heavy atom. The number of nitrogens with two attached hydrogens (primary N) is 1. The minimum Gasteiger partial charge on any atom is -0.399 e. The number of nitrogen functional groups attached to an aromatic ring is 1. The lowest BCUT2D eigenvalue weighted by Gasteiger charge is -2.36. The van der Waals surface area contributed by atoms with Crippen molar-refractivity contribution in [2.24, 2.45) is 0 Å². The molecule has 1 heterocycles. The predicted molar refractivity (Wildman–Crippen MR) is 93.3 cm³/mol. The van der Waals surface area contributed by atoms with E-state index in [4.69, 9.17) is 17.3 Å². The maximum atomic E-state index is 12.8. The van der Waals surface area contributed by atoms with E-state index in [2.05, 4.69) is 5.32 Å². The number of halogens is 1. The monoisotopic (exact) mass is 329 g/mol. The van der Waals surface area contributed by atoms with Gasteiger partial charge in [0.25, 0.3) is 0 Å². The molecule has 0 radical (unpaired) electrons. The van der Waals surface area contributed by atoms with E-state index in [9.17, 15) is 4.79 Å². The highest BCUT2D eigenvalue weighted by atomic mass is 35.5. The number of carbonyl (C=O) groups excluding carboxylic acids is 1. The zero-order valence-electron chi connectivity index (χ0n) is 12.8. The van der Waals surface area contributed by atoms with Gasteiger partial charge in [0.05, 0.1) is 12.5 Å². The van der Waals surface area contributed by atoms with E-state index in [0.717, 1.165) is 24.2 Å². The first-order valence-corrected chi connectivity index (χ1v) is 8.11. The Balaban J connectivity index is 1.77. The summed E-state index contributed by atoms with van der Waals surface area (Å²) in [5.74, 6) is 0.126. The average molecular weight is 330 g/mol. The smallest absolute Gasteiger partial charge is 0.227 e. The Kier molecular flexibility index (Phi) is 4.84. The third-order valence-corrected chi connectivity index (χ3v) is 4.37. The third-order valence-electron chi connectivity index (χ3n) is 4.13. The van der Waals surface area contributed by atoms with Crippen molar-refractivity contribution in [2.45, 2.75) is 12.5 Å². The summed E-state index contributed by atoms with van der Waals surface area (Å²) in [6.07, 6.45) is 0.386. The summed E-state index contributed by atoms with van der Waals surface area (Å²) in [5, 5.41) is 4.05. The summed E-state index contributed by atoms with van der Waals surface area (Å²) in [5.41, 5.74) is 8.45. The van der Waals surface area contributed by atoms with Gasteiger partial charge in [0, 0.05) is 30.3 Å².